The molecule has 9 rings (SSSR count). The maximum atomic E-state index is 13.6. The SMILES string of the molecule is C=C1CCC(N2Cc3cc(N4CCN(CCN5CCN(c6ccc(Cc7ncc8c(C)c(C(C)=O)c(=O)n(C9CCCC9)c8n7)nc6)CC5)CC4)ccc3C2=O)C(=O)N1. The summed E-state index contributed by atoms with van der Waals surface area (Å²) in [5.41, 5.74) is 6.84. The van der Waals surface area contributed by atoms with Crippen molar-refractivity contribution in [3.8, 4) is 0 Å². The fourth-order valence-corrected chi connectivity index (χ4v) is 9.82. The molecule has 3 saturated heterocycles. The van der Waals surface area contributed by atoms with E-state index in [0.717, 1.165) is 125 Å². The molecule has 1 saturated carbocycles. The number of hydrogen-bond acceptors (Lipinski definition) is 11. The number of nitrogens with one attached hydrogen (secondary N) is 1. The van der Waals surface area contributed by atoms with E-state index in [9.17, 15) is 19.2 Å². The predicted octanol–water partition coefficient (Wildman–Crippen LogP) is 4.10. The van der Waals surface area contributed by atoms with Gasteiger partial charge in [-0.2, -0.15) is 0 Å². The second kappa shape index (κ2) is 16.3. The third kappa shape index (κ3) is 7.75. The minimum atomic E-state index is -0.440. The van der Waals surface area contributed by atoms with Gasteiger partial charge in [0.15, 0.2) is 5.78 Å². The van der Waals surface area contributed by atoms with Gasteiger partial charge in [0.25, 0.3) is 11.5 Å². The highest BCUT2D eigenvalue weighted by Gasteiger charge is 2.38. The second-order valence-corrected chi connectivity index (χ2v) is 17.0. The quantitative estimate of drug-likeness (QED) is 0.232. The molecule has 59 heavy (non-hydrogen) atoms. The summed E-state index contributed by atoms with van der Waals surface area (Å²) < 4.78 is 1.77. The molecule has 14 nitrogen and oxygen atoms in total. The molecule has 4 fully saturated rings. The number of amides is 2. The zero-order valence-corrected chi connectivity index (χ0v) is 34.3. The Morgan fingerprint density at radius 2 is 1.53 bits per heavy atom. The number of piperidine rings is 1. The van der Waals surface area contributed by atoms with Crippen LogP contribution >= 0.6 is 0 Å². The number of aryl methyl sites for hydroxylation is 1. The van der Waals surface area contributed by atoms with Gasteiger partial charge >= 0.3 is 0 Å². The largest absolute Gasteiger partial charge is 0.369 e. The van der Waals surface area contributed by atoms with Crippen LogP contribution in [0.1, 0.15) is 94.9 Å². The van der Waals surface area contributed by atoms with Crippen LogP contribution in [0.2, 0.25) is 0 Å². The van der Waals surface area contributed by atoms with Gasteiger partial charge in [0.2, 0.25) is 5.91 Å². The average molecular weight is 799 g/mol. The standard InChI is InChI=1S/C45H54N10O4/c1-29-8-13-39(43(57)48-29)54-28-32-24-35(11-12-37(32)44(54)58)52-20-16-50(17-21-52)14-15-51-18-22-53(23-19-51)36-10-9-33(46-26-36)25-40-47-27-38-30(2)41(31(3)56)45(59)55(42(38)49-40)34-6-4-5-7-34/h9-12,24,26-27,34,39H,1,4-8,13-23,25,28H2,2-3H3,(H,48,57). The molecule has 1 unspecified atom stereocenters. The van der Waals surface area contributed by atoms with Crippen molar-refractivity contribution in [3.63, 3.8) is 0 Å². The first kappa shape index (κ1) is 39.0. The molecule has 1 aliphatic carbocycles. The number of aromatic nitrogens is 4. The topological polar surface area (TPSA) is 140 Å². The summed E-state index contributed by atoms with van der Waals surface area (Å²) >= 11 is 0. The van der Waals surface area contributed by atoms with E-state index in [1.54, 1.807) is 15.7 Å². The summed E-state index contributed by atoms with van der Waals surface area (Å²) in [5, 5.41) is 3.58. The van der Waals surface area contributed by atoms with Crippen molar-refractivity contribution in [1.82, 2.24) is 39.5 Å². The molecule has 5 aliphatic rings. The van der Waals surface area contributed by atoms with E-state index in [-0.39, 0.29) is 34.8 Å². The summed E-state index contributed by atoms with van der Waals surface area (Å²) in [5.74, 6) is 0.205. The lowest BCUT2D eigenvalue weighted by molar-refractivity contribution is -0.126. The Labute approximate surface area is 344 Å². The molecule has 4 aromatic rings. The molecular formula is C45H54N10O4. The van der Waals surface area contributed by atoms with Crippen LogP contribution in [0.4, 0.5) is 11.4 Å². The van der Waals surface area contributed by atoms with Crippen LogP contribution in [0.15, 0.2) is 59.8 Å². The van der Waals surface area contributed by atoms with Gasteiger partial charge in [-0.1, -0.05) is 19.4 Å². The summed E-state index contributed by atoms with van der Waals surface area (Å²) in [4.78, 5) is 77.9. The lowest BCUT2D eigenvalue weighted by Crippen LogP contribution is -2.51. The van der Waals surface area contributed by atoms with Gasteiger partial charge in [0.1, 0.15) is 17.5 Å². The molecule has 1 atom stereocenters. The Kier molecular flexibility index (Phi) is 10.8. The monoisotopic (exact) mass is 798 g/mol. The molecule has 1 aromatic carbocycles. The first-order chi connectivity index (χ1) is 28.6. The maximum absolute atomic E-state index is 13.6. The summed E-state index contributed by atoms with van der Waals surface area (Å²) in [7, 11) is 0. The highest BCUT2D eigenvalue weighted by atomic mass is 16.2. The van der Waals surface area contributed by atoms with Crippen LogP contribution in [0.5, 0.6) is 0 Å². The Morgan fingerprint density at radius 1 is 0.847 bits per heavy atom. The Bertz CT molecular complexity index is 2360. The summed E-state index contributed by atoms with van der Waals surface area (Å²) in [6.45, 7) is 17.5. The normalized spacial score (nSPS) is 20.8. The number of rotatable bonds is 10. The van der Waals surface area contributed by atoms with Crippen LogP contribution in [0, 0.1) is 6.92 Å². The number of fused-ring (bicyclic) bond motifs is 2. The molecular weight excluding hydrogens is 745 g/mol. The molecule has 0 spiro atoms. The molecule has 0 bridgehead atoms. The number of allylic oxidation sites excluding steroid dienone is 1. The van der Waals surface area contributed by atoms with Crippen molar-refractivity contribution in [2.24, 2.45) is 0 Å². The van der Waals surface area contributed by atoms with Crippen LogP contribution in [-0.2, 0) is 17.8 Å². The second-order valence-electron chi connectivity index (χ2n) is 17.0. The van der Waals surface area contributed by atoms with Crippen LogP contribution in [0.3, 0.4) is 0 Å². The third-order valence-electron chi connectivity index (χ3n) is 13.3. The van der Waals surface area contributed by atoms with Crippen LogP contribution < -0.4 is 20.7 Å². The number of carbonyl (C=O) groups excluding carboxylic acids is 3. The number of nitrogens with zero attached hydrogens (tertiary/aromatic N) is 9. The zero-order chi connectivity index (χ0) is 40.8. The van der Waals surface area contributed by atoms with E-state index in [0.29, 0.717) is 48.4 Å². The number of hydrogen-bond donors (Lipinski definition) is 1. The molecule has 2 amide bonds. The van der Waals surface area contributed by atoms with E-state index >= 15 is 0 Å². The highest BCUT2D eigenvalue weighted by Crippen LogP contribution is 2.33. The number of anilines is 2. The van der Waals surface area contributed by atoms with Crippen molar-refractivity contribution in [3.05, 3.63) is 99.1 Å². The van der Waals surface area contributed by atoms with E-state index in [1.165, 1.54) is 6.92 Å². The van der Waals surface area contributed by atoms with Gasteiger partial charge in [-0.3, -0.25) is 38.5 Å². The van der Waals surface area contributed by atoms with Crippen LogP contribution in [-0.4, -0.2) is 123 Å². The van der Waals surface area contributed by atoms with E-state index < -0.39 is 6.04 Å². The number of ketones is 1. The van der Waals surface area contributed by atoms with Crippen molar-refractivity contribution in [2.75, 3.05) is 75.2 Å². The predicted molar refractivity (Wildman–Crippen MR) is 227 cm³/mol. The zero-order valence-electron chi connectivity index (χ0n) is 34.3. The van der Waals surface area contributed by atoms with E-state index in [1.807, 2.05) is 19.2 Å². The van der Waals surface area contributed by atoms with E-state index in [4.69, 9.17) is 9.97 Å². The maximum Gasteiger partial charge on any atom is 0.263 e. The molecule has 0 radical (unpaired) electrons. The molecule has 308 valence electrons. The van der Waals surface area contributed by atoms with Crippen molar-refractivity contribution >= 4 is 40.0 Å². The molecule has 7 heterocycles. The minimum Gasteiger partial charge on any atom is -0.369 e. The van der Waals surface area contributed by atoms with Crippen molar-refractivity contribution in [2.45, 2.75) is 77.4 Å². The fraction of sp³-hybridized carbons (Fsp3) is 0.489. The van der Waals surface area contributed by atoms with Gasteiger partial charge < -0.3 is 20.0 Å². The Morgan fingerprint density at radius 3 is 2.17 bits per heavy atom. The molecule has 3 aromatic heterocycles. The van der Waals surface area contributed by atoms with Crippen LogP contribution in [0.25, 0.3) is 11.0 Å². The van der Waals surface area contributed by atoms with E-state index in [2.05, 4.69) is 60.7 Å². The van der Waals surface area contributed by atoms with Gasteiger partial charge in [-0.15, -0.1) is 0 Å². The number of pyridine rings is 2. The lowest BCUT2D eigenvalue weighted by atomic mass is 10.0. The molecule has 4 aliphatic heterocycles. The number of piperazine rings is 2. The van der Waals surface area contributed by atoms with Gasteiger partial charge in [-0.25, -0.2) is 9.97 Å². The third-order valence-corrected chi connectivity index (χ3v) is 13.3. The summed E-state index contributed by atoms with van der Waals surface area (Å²) in [6.07, 6.45) is 9.44. The minimum absolute atomic E-state index is 0.0485. The van der Waals surface area contributed by atoms with Gasteiger partial charge in [-0.05, 0) is 81.0 Å². The summed E-state index contributed by atoms with van der Waals surface area (Å²) in [6, 6.07) is 9.94. The number of benzene rings is 1. The lowest BCUT2D eigenvalue weighted by Gasteiger charge is -2.39. The first-order valence-corrected chi connectivity index (χ1v) is 21.3. The molecule has 1 N–H and O–H groups in total. The fourth-order valence-electron chi connectivity index (χ4n) is 9.82. The number of carbonyl (C=O) groups is 3. The Hall–Kier alpha value is -5.47. The highest BCUT2D eigenvalue weighted by molar-refractivity contribution is 6.02. The van der Waals surface area contributed by atoms with Crippen molar-refractivity contribution < 1.29 is 14.4 Å². The smallest absolute Gasteiger partial charge is 0.263 e. The average Bonchev–Trinajstić information content (AvgIpc) is 3.88. The number of Topliss-reactive ketones (excluding diaryl/α,β-unsaturated/α-hetero) is 1. The first-order valence-electron chi connectivity index (χ1n) is 21.3. The molecule has 14 heteroatoms. The van der Waals surface area contributed by atoms with Crippen molar-refractivity contribution in [1.29, 1.82) is 0 Å². The van der Waals surface area contributed by atoms with Gasteiger partial charge in [0, 0.05) is 112 Å². The Balaban J connectivity index is 0.746. The van der Waals surface area contributed by atoms with Gasteiger partial charge in [0.05, 0.1) is 23.9 Å².